The molecule has 0 aromatic heterocycles. The molecule has 0 bridgehead atoms. The second-order valence-electron chi connectivity index (χ2n) is 6.88. The molecule has 1 unspecified atom stereocenters. The van der Waals surface area contributed by atoms with E-state index in [1.54, 1.807) is 18.1 Å². The van der Waals surface area contributed by atoms with Gasteiger partial charge in [-0.25, -0.2) is 0 Å². The van der Waals surface area contributed by atoms with Gasteiger partial charge in [0.2, 0.25) is 11.8 Å². The van der Waals surface area contributed by atoms with Crippen LogP contribution >= 0.6 is 0 Å². The molecule has 1 aliphatic heterocycles. The molecule has 0 radical (unpaired) electrons. The Kier molecular flexibility index (Phi) is 4.41. The SMILES string of the molecule is COc1ccc(C)cc1N1CC(C(=O)NCC2(C(=O)O)CC2)CC1=O. The highest BCUT2D eigenvalue weighted by atomic mass is 16.5. The summed E-state index contributed by atoms with van der Waals surface area (Å²) in [6.07, 6.45) is 1.28. The molecule has 2 aliphatic rings. The molecule has 1 saturated heterocycles. The van der Waals surface area contributed by atoms with Crippen molar-refractivity contribution in [2.75, 3.05) is 25.1 Å². The van der Waals surface area contributed by atoms with E-state index in [2.05, 4.69) is 5.32 Å². The summed E-state index contributed by atoms with van der Waals surface area (Å²) in [7, 11) is 1.54. The molecule has 2 N–H and O–H groups in total. The number of amides is 2. The number of methoxy groups -OCH3 is 1. The van der Waals surface area contributed by atoms with E-state index < -0.39 is 17.3 Å². The van der Waals surface area contributed by atoms with Gasteiger partial charge in [0.05, 0.1) is 24.1 Å². The van der Waals surface area contributed by atoms with Crippen LogP contribution < -0.4 is 15.0 Å². The normalized spacial score (nSPS) is 21.1. The van der Waals surface area contributed by atoms with E-state index in [1.165, 1.54) is 0 Å². The van der Waals surface area contributed by atoms with Gasteiger partial charge in [-0.05, 0) is 37.5 Å². The van der Waals surface area contributed by atoms with E-state index in [0.717, 1.165) is 5.56 Å². The predicted octanol–water partition coefficient (Wildman–Crippen LogP) is 1.34. The summed E-state index contributed by atoms with van der Waals surface area (Å²) in [5.41, 5.74) is 0.846. The smallest absolute Gasteiger partial charge is 0.311 e. The largest absolute Gasteiger partial charge is 0.495 e. The minimum absolute atomic E-state index is 0.114. The highest BCUT2D eigenvalue weighted by Crippen LogP contribution is 2.45. The number of benzene rings is 1. The molecule has 1 aliphatic carbocycles. The highest BCUT2D eigenvalue weighted by Gasteiger charge is 2.50. The number of aryl methyl sites for hydroxylation is 1. The molecule has 1 aromatic rings. The van der Waals surface area contributed by atoms with Gasteiger partial charge >= 0.3 is 5.97 Å². The molecule has 1 atom stereocenters. The van der Waals surface area contributed by atoms with Gasteiger partial charge < -0.3 is 20.1 Å². The van der Waals surface area contributed by atoms with E-state index in [0.29, 0.717) is 24.3 Å². The standard InChI is InChI=1S/C18H22N2O5/c1-11-3-4-14(25-2)13(7-11)20-9-12(8-15(20)21)16(22)19-10-18(5-6-18)17(23)24/h3-4,7,12H,5-6,8-10H2,1-2H3,(H,19,22)(H,23,24). The predicted molar refractivity (Wildman–Crippen MR) is 90.5 cm³/mol. The second kappa shape index (κ2) is 6.38. The average Bonchev–Trinajstić information content (AvgIpc) is 3.28. The summed E-state index contributed by atoms with van der Waals surface area (Å²) in [5, 5.41) is 11.9. The number of carboxylic acid groups (broad SMARTS) is 1. The summed E-state index contributed by atoms with van der Waals surface area (Å²) < 4.78 is 5.32. The number of carbonyl (C=O) groups excluding carboxylic acids is 2. The first-order chi connectivity index (χ1) is 11.9. The molecule has 2 fully saturated rings. The van der Waals surface area contributed by atoms with Crippen molar-refractivity contribution in [2.24, 2.45) is 11.3 Å². The Morgan fingerprint density at radius 3 is 2.72 bits per heavy atom. The van der Waals surface area contributed by atoms with Crippen LogP contribution in [0.1, 0.15) is 24.8 Å². The van der Waals surface area contributed by atoms with Crippen LogP contribution in [-0.4, -0.2) is 43.1 Å². The molecule has 1 aromatic carbocycles. The molecule has 2 amide bonds. The van der Waals surface area contributed by atoms with Gasteiger partial charge in [-0.2, -0.15) is 0 Å². The molecule has 1 heterocycles. The lowest BCUT2D eigenvalue weighted by Gasteiger charge is -2.20. The number of hydrogen-bond acceptors (Lipinski definition) is 4. The van der Waals surface area contributed by atoms with Crippen molar-refractivity contribution in [1.29, 1.82) is 0 Å². The van der Waals surface area contributed by atoms with Crippen molar-refractivity contribution in [2.45, 2.75) is 26.2 Å². The van der Waals surface area contributed by atoms with Crippen molar-refractivity contribution in [3.8, 4) is 5.75 Å². The second-order valence-corrected chi connectivity index (χ2v) is 6.88. The van der Waals surface area contributed by atoms with Gasteiger partial charge in [0, 0.05) is 19.5 Å². The quantitative estimate of drug-likeness (QED) is 0.810. The number of ether oxygens (including phenoxy) is 1. The molecule has 7 heteroatoms. The Morgan fingerprint density at radius 2 is 2.12 bits per heavy atom. The van der Waals surface area contributed by atoms with E-state index in [1.807, 2.05) is 19.1 Å². The van der Waals surface area contributed by atoms with Crippen molar-refractivity contribution in [3.05, 3.63) is 23.8 Å². The Labute approximate surface area is 146 Å². The Balaban J connectivity index is 1.67. The Morgan fingerprint density at radius 1 is 1.40 bits per heavy atom. The monoisotopic (exact) mass is 346 g/mol. The van der Waals surface area contributed by atoms with Crippen LogP contribution in [-0.2, 0) is 14.4 Å². The van der Waals surface area contributed by atoms with Crippen LogP contribution in [0.25, 0.3) is 0 Å². The lowest BCUT2D eigenvalue weighted by Crippen LogP contribution is -2.38. The molecule has 7 nitrogen and oxygen atoms in total. The maximum atomic E-state index is 12.4. The van der Waals surface area contributed by atoms with Crippen LogP contribution in [0.5, 0.6) is 5.75 Å². The molecule has 3 rings (SSSR count). The van der Waals surface area contributed by atoms with Gasteiger partial charge in [-0.3, -0.25) is 14.4 Å². The highest BCUT2D eigenvalue weighted by molar-refractivity contribution is 6.01. The number of carboxylic acids is 1. The minimum atomic E-state index is -0.874. The lowest BCUT2D eigenvalue weighted by atomic mass is 10.1. The molecule has 134 valence electrons. The summed E-state index contributed by atoms with van der Waals surface area (Å²) in [4.78, 5) is 37.5. The number of aliphatic carboxylic acids is 1. The van der Waals surface area contributed by atoms with Gasteiger partial charge in [0.15, 0.2) is 0 Å². The summed E-state index contributed by atoms with van der Waals surface area (Å²) in [6, 6.07) is 5.56. The summed E-state index contributed by atoms with van der Waals surface area (Å²) in [6.45, 7) is 2.32. The number of hydrogen-bond donors (Lipinski definition) is 2. The topological polar surface area (TPSA) is 95.9 Å². The maximum Gasteiger partial charge on any atom is 0.311 e. The van der Waals surface area contributed by atoms with Crippen molar-refractivity contribution in [1.82, 2.24) is 5.32 Å². The third-order valence-electron chi connectivity index (χ3n) is 5.03. The molecule has 0 spiro atoms. The van der Waals surface area contributed by atoms with Gasteiger partial charge in [-0.1, -0.05) is 6.07 Å². The number of nitrogens with zero attached hydrogens (tertiary/aromatic N) is 1. The fraction of sp³-hybridized carbons (Fsp3) is 0.500. The lowest BCUT2D eigenvalue weighted by molar-refractivity contribution is -0.143. The average molecular weight is 346 g/mol. The summed E-state index contributed by atoms with van der Waals surface area (Å²) in [5.74, 6) is -1.18. The zero-order valence-electron chi connectivity index (χ0n) is 14.4. The zero-order valence-corrected chi connectivity index (χ0v) is 14.4. The minimum Gasteiger partial charge on any atom is -0.495 e. The summed E-state index contributed by atoms with van der Waals surface area (Å²) >= 11 is 0. The number of nitrogens with one attached hydrogen (secondary N) is 1. The van der Waals surface area contributed by atoms with Crippen molar-refractivity contribution < 1.29 is 24.2 Å². The molecular weight excluding hydrogens is 324 g/mol. The Bertz CT molecular complexity index is 726. The molecule has 1 saturated carbocycles. The van der Waals surface area contributed by atoms with Crippen molar-refractivity contribution >= 4 is 23.5 Å². The third-order valence-corrected chi connectivity index (χ3v) is 5.03. The first-order valence-electron chi connectivity index (χ1n) is 8.32. The first-order valence-corrected chi connectivity index (χ1v) is 8.32. The third kappa shape index (κ3) is 3.31. The zero-order chi connectivity index (χ0) is 18.2. The van der Waals surface area contributed by atoms with E-state index in [-0.39, 0.29) is 31.3 Å². The number of anilines is 1. The maximum absolute atomic E-state index is 12.4. The van der Waals surface area contributed by atoms with E-state index >= 15 is 0 Å². The van der Waals surface area contributed by atoms with Gasteiger partial charge in [0.25, 0.3) is 0 Å². The van der Waals surface area contributed by atoms with Crippen LogP contribution in [0.3, 0.4) is 0 Å². The number of rotatable bonds is 6. The fourth-order valence-electron chi connectivity index (χ4n) is 3.14. The van der Waals surface area contributed by atoms with Gasteiger partial charge in [0.1, 0.15) is 5.75 Å². The van der Waals surface area contributed by atoms with Crippen molar-refractivity contribution in [3.63, 3.8) is 0 Å². The molecular formula is C18H22N2O5. The fourth-order valence-corrected chi connectivity index (χ4v) is 3.14. The van der Waals surface area contributed by atoms with Gasteiger partial charge in [-0.15, -0.1) is 0 Å². The number of carbonyl (C=O) groups is 3. The van der Waals surface area contributed by atoms with Crippen LogP contribution in [0.4, 0.5) is 5.69 Å². The molecule has 25 heavy (non-hydrogen) atoms. The first kappa shape index (κ1) is 17.3. The van der Waals surface area contributed by atoms with Crippen LogP contribution in [0.2, 0.25) is 0 Å². The Hall–Kier alpha value is -2.57. The van der Waals surface area contributed by atoms with Crippen LogP contribution in [0, 0.1) is 18.3 Å². The van der Waals surface area contributed by atoms with E-state index in [9.17, 15) is 19.5 Å². The van der Waals surface area contributed by atoms with Crippen LogP contribution in [0.15, 0.2) is 18.2 Å². The van der Waals surface area contributed by atoms with E-state index in [4.69, 9.17) is 4.74 Å².